The summed E-state index contributed by atoms with van der Waals surface area (Å²) in [6, 6.07) is 0. The molecule has 0 aliphatic heterocycles. The Kier molecular flexibility index (Phi) is 9.62. The third-order valence-electron chi connectivity index (χ3n) is 4.46. The number of sulfonamides is 1. The Labute approximate surface area is 194 Å². The number of aliphatic hydroxyl groups is 2. The van der Waals surface area contributed by atoms with Crippen molar-refractivity contribution in [2.24, 2.45) is 0 Å². The number of alkyl halides is 17. The maximum Gasteiger partial charge on any atom is 0.460 e. The molecule has 0 aliphatic rings. The highest BCUT2D eigenvalue weighted by atomic mass is 32.2. The number of rotatable bonds is 13. The van der Waals surface area contributed by atoms with Crippen molar-refractivity contribution < 1.29 is 93.3 Å². The van der Waals surface area contributed by atoms with Gasteiger partial charge >= 0.3 is 47.0 Å². The summed E-state index contributed by atoms with van der Waals surface area (Å²) in [6.07, 6.45) is -11.0. The van der Waals surface area contributed by atoms with Gasteiger partial charge in [0.15, 0.2) is 0 Å². The van der Waals surface area contributed by atoms with Crippen molar-refractivity contribution in [3.05, 3.63) is 0 Å². The van der Waals surface area contributed by atoms with E-state index in [4.69, 9.17) is 10.2 Å². The van der Waals surface area contributed by atoms with Crippen LogP contribution in [0.3, 0.4) is 0 Å². The third kappa shape index (κ3) is 5.03. The van der Waals surface area contributed by atoms with Gasteiger partial charge in [-0.3, -0.25) is 0 Å². The number of aliphatic hydroxyl groups excluding tert-OH is 2. The molecule has 0 heterocycles. The van der Waals surface area contributed by atoms with Gasteiger partial charge in [-0.05, 0) is 6.42 Å². The van der Waals surface area contributed by atoms with E-state index < -0.39 is 93.5 Å². The summed E-state index contributed by atoms with van der Waals surface area (Å²) in [5, 5.41) is 10.00. The van der Waals surface area contributed by atoms with E-state index in [9.17, 15) is 83.1 Å². The molecule has 0 saturated heterocycles. The van der Waals surface area contributed by atoms with Crippen molar-refractivity contribution >= 4 is 10.0 Å². The zero-order chi connectivity index (χ0) is 30.5. The first-order chi connectivity index (χ1) is 15.9. The van der Waals surface area contributed by atoms with Crippen LogP contribution in [-0.4, -0.2) is 95.7 Å². The Morgan fingerprint density at radius 3 is 1.27 bits per heavy atom. The molecule has 0 radical (unpaired) electrons. The minimum atomic E-state index is -8.92. The average Bonchev–Trinajstić information content (AvgIpc) is 2.71. The van der Waals surface area contributed by atoms with Crippen LogP contribution < -0.4 is 0 Å². The van der Waals surface area contributed by atoms with Crippen LogP contribution in [0.5, 0.6) is 0 Å². The summed E-state index contributed by atoms with van der Waals surface area (Å²) in [5.41, 5.74) is 0. The molecule has 1 unspecified atom stereocenters. The number of hydrogen-bond acceptors (Lipinski definition) is 4. The molecule has 0 amide bonds. The summed E-state index contributed by atoms with van der Waals surface area (Å²) in [4.78, 5) is 0. The van der Waals surface area contributed by atoms with Crippen LogP contribution in [0.25, 0.3) is 0 Å². The zero-order valence-electron chi connectivity index (χ0n) is 17.4. The van der Waals surface area contributed by atoms with Crippen LogP contribution >= 0.6 is 0 Å². The lowest BCUT2D eigenvalue weighted by Gasteiger charge is -2.43. The fourth-order valence-electron chi connectivity index (χ4n) is 2.33. The zero-order valence-corrected chi connectivity index (χ0v) is 18.2. The van der Waals surface area contributed by atoms with Gasteiger partial charge in [0.2, 0.25) is 0 Å². The quantitative estimate of drug-likeness (QED) is 0.303. The summed E-state index contributed by atoms with van der Waals surface area (Å²) < 4.78 is 249. The van der Waals surface area contributed by atoms with Gasteiger partial charge in [-0.25, -0.2) is 8.42 Å². The number of hydrogen-bond donors (Lipinski definition) is 2. The Morgan fingerprint density at radius 1 is 0.649 bits per heavy atom. The largest absolute Gasteiger partial charge is 0.460 e. The van der Waals surface area contributed by atoms with Crippen molar-refractivity contribution in [2.45, 2.75) is 66.4 Å². The van der Waals surface area contributed by atoms with E-state index in [0.29, 0.717) is 0 Å². The van der Waals surface area contributed by atoms with Crippen molar-refractivity contribution in [3.63, 3.8) is 0 Å². The summed E-state index contributed by atoms with van der Waals surface area (Å²) in [7, 11) is -7.50. The summed E-state index contributed by atoms with van der Waals surface area (Å²) >= 11 is 0. The van der Waals surface area contributed by atoms with E-state index in [1.807, 2.05) is 0 Å². The standard InChI is InChI=1S/C14H14F17NO4S/c1-2-3-32(4-6(34)5-33)37(35,36)14(30,31)12(25,26)10(21,22)8(17,18)7(15,16)9(19,20)11(23,24)13(27,28)29/h6,33-34H,2-5H2,1H3. The van der Waals surface area contributed by atoms with Gasteiger partial charge in [-0.1, -0.05) is 6.92 Å². The Bertz CT molecular complexity index is 902. The van der Waals surface area contributed by atoms with Crippen molar-refractivity contribution in [2.75, 3.05) is 19.7 Å². The van der Waals surface area contributed by atoms with E-state index in [1.54, 1.807) is 0 Å². The lowest BCUT2D eigenvalue weighted by molar-refractivity contribution is -0.458. The Balaban J connectivity index is 7.04. The molecular weight excluding hydrogens is 601 g/mol. The van der Waals surface area contributed by atoms with Crippen molar-refractivity contribution in [1.82, 2.24) is 4.31 Å². The first-order valence-electron chi connectivity index (χ1n) is 8.91. The Morgan fingerprint density at radius 2 is 0.973 bits per heavy atom. The van der Waals surface area contributed by atoms with Gasteiger partial charge in [0.05, 0.1) is 12.7 Å². The second-order valence-electron chi connectivity index (χ2n) is 7.16. The number of halogens is 17. The van der Waals surface area contributed by atoms with Crippen LogP contribution in [0.15, 0.2) is 0 Å². The topological polar surface area (TPSA) is 77.8 Å². The van der Waals surface area contributed by atoms with Crippen LogP contribution in [0, 0.1) is 0 Å². The van der Waals surface area contributed by atoms with Gasteiger partial charge in [-0.2, -0.15) is 78.9 Å². The molecule has 1 atom stereocenters. The Hall–Kier alpha value is -1.36. The maximum absolute atomic E-state index is 14.1. The van der Waals surface area contributed by atoms with E-state index in [-0.39, 0.29) is 0 Å². The van der Waals surface area contributed by atoms with E-state index in [2.05, 4.69) is 0 Å². The monoisotopic (exact) mass is 615 g/mol. The molecule has 0 saturated carbocycles. The van der Waals surface area contributed by atoms with E-state index in [0.717, 1.165) is 6.92 Å². The minimum absolute atomic E-state index is 0.692. The molecule has 5 nitrogen and oxygen atoms in total. The molecule has 0 aliphatic carbocycles. The fraction of sp³-hybridized carbons (Fsp3) is 1.00. The molecule has 2 N–H and O–H groups in total. The highest BCUT2D eigenvalue weighted by molar-refractivity contribution is 7.90. The highest BCUT2D eigenvalue weighted by Crippen LogP contribution is 2.64. The van der Waals surface area contributed by atoms with Gasteiger partial charge in [0, 0.05) is 13.1 Å². The molecule has 0 aromatic carbocycles. The molecule has 0 rings (SSSR count). The fourth-order valence-corrected chi connectivity index (χ4v) is 3.89. The molecule has 23 heteroatoms. The predicted octanol–water partition coefficient (Wildman–Crippen LogP) is 4.35. The molecule has 0 fully saturated rings. The third-order valence-corrected chi connectivity index (χ3v) is 6.37. The van der Waals surface area contributed by atoms with Crippen LogP contribution in [0.2, 0.25) is 0 Å². The molecule has 0 spiro atoms. The highest BCUT2D eigenvalue weighted by Gasteiger charge is 2.96. The molecule has 37 heavy (non-hydrogen) atoms. The predicted molar refractivity (Wildman–Crippen MR) is 84.6 cm³/mol. The second-order valence-corrected chi connectivity index (χ2v) is 9.14. The number of nitrogens with zero attached hydrogens (tertiary/aromatic N) is 1. The summed E-state index contributed by atoms with van der Waals surface area (Å²) in [5.74, 6) is -52.0. The molecule has 0 bridgehead atoms. The average molecular weight is 615 g/mol. The lowest BCUT2D eigenvalue weighted by Crippen LogP contribution is -2.75. The normalized spacial score (nSPS) is 16.9. The molecule has 224 valence electrons. The lowest BCUT2D eigenvalue weighted by atomic mass is 9.91. The van der Waals surface area contributed by atoms with E-state index >= 15 is 0 Å². The molecule has 0 aromatic rings. The maximum atomic E-state index is 14.1. The first kappa shape index (κ1) is 35.6. The van der Waals surface area contributed by atoms with Crippen LogP contribution in [0.4, 0.5) is 74.6 Å². The van der Waals surface area contributed by atoms with Gasteiger partial charge in [0.1, 0.15) is 0 Å². The van der Waals surface area contributed by atoms with E-state index in [1.165, 1.54) is 0 Å². The smallest absolute Gasteiger partial charge is 0.394 e. The second kappa shape index (κ2) is 9.99. The van der Waals surface area contributed by atoms with Gasteiger partial charge in [0.25, 0.3) is 10.0 Å². The minimum Gasteiger partial charge on any atom is -0.394 e. The van der Waals surface area contributed by atoms with Gasteiger partial charge < -0.3 is 10.2 Å². The molecular formula is C14H14F17NO4S. The first-order valence-corrected chi connectivity index (χ1v) is 10.4. The SMILES string of the molecule is CCCN(CC(O)CO)S(=O)(=O)C(F)(F)C(F)(F)C(F)(F)C(F)(F)C(F)(F)C(F)(F)C(F)(F)C(F)(F)F. The van der Waals surface area contributed by atoms with Crippen LogP contribution in [-0.2, 0) is 10.0 Å². The molecule has 0 aromatic heterocycles. The van der Waals surface area contributed by atoms with Crippen LogP contribution in [0.1, 0.15) is 13.3 Å². The van der Waals surface area contributed by atoms with Gasteiger partial charge in [-0.15, -0.1) is 0 Å². The summed E-state index contributed by atoms with van der Waals surface area (Å²) in [6.45, 7) is -3.90. The van der Waals surface area contributed by atoms with Crippen molar-refractivity contribution in [3.8, 4) is 0 Å². The van der Waals surface area contributed by atoms with Crippen molar-refractivity contribution in [1.29, 1.82) is 0 Å².